The number of anilines is 2. The Morgan fingerprint density at radius 2 is 1.86 bits per heavy atom. The first-order chi connectivity index (χ1) is 16.8. The molecule has 1 saturated heterocycles. The average molecular weight is 503 g/mol. The molecule has 0 spiro atoms. The maximum atomic E-state index is 12.9. The Kier molecular flexibility index (Phi) is 8.25. The third-order valence-corrected chi connectivity index (χ3v) is 6.57. The summed E-state index contributed by atoms with van der Waals surface area (Å²) < 4.78 is 5.39. The number of likely N-dealkylation sites (N-methyl/N-ethyl adjacent to an activating group) is 2. The maximum Gasteiger partial charge on any atom is 0.412 e. The molecule has 2 amide bonds. The van der Waals surface area contributed by atoms with Crippen molar-refractivity contribution in [2.24, 2.45) is 0 Å². The number of aryl methyl sites for hydroxylation is 1. The summed E-state index contributed by atoms with van der Waals surface area (Å²) in [7, 11) is 3.87. The van der Waals surface area contributed by atoms with E-state index in [4.69, 9.17) is 4.42 Å². The number of amides is 2. The quantitative estimate of drug-likeness (QED) is 0.587. The number of nitrogens with one attached hydrogen (secondary N) is 1. The molecule has 2 N–H and O–H groups in total. The summed E-state index contributed by atoms with van der Waals surface area (Å²) in [5.74, 6) is -0.137. The van der Waals surface area contributed by atoms with E-state index < -0.39 is 23.3 Å². The second kappa shape index (κ2) is 10.8. The number of carboxylic acid groups (broad SMARTS) is 1. The van der Waals surface area contributed by atoms with Crippen LogP contribution in [-0.4, -0.2) is 102 Å². The van der Waals surface area contributed by atoms with E-state index in [1.165, 1.54) is 4.90 Å². The number of fused-ring (bicyclic) bond motifs is 1. The number of hydrogen-bond acceptors (Lipinski definition) is 8. The zero-order chi connectivity index (χ0) is 26.8. The van der Waals surface area contributed by atoms with Crippen LogP contribution in [0.25, 0.3) is 10.9 Å². The Bertz CT molecular complexity index is 1170. The van der Waals surface area contributed by atoms with Crippen molar-refractivity contribution < 1.29 is 19.1 Å². The molecule has 2 aromatic rings. The highest BCUT2D eigenvalue weighted by Gasteiger charge is 2.30. The molecule has 0 bridgehead atoms. The van der Waals surface area contributed by atoms with Gasteiger partial charge >= 0.3 is 11.7 Å². The largest absolute Gasteiger partial charge is 0.465 e. The van der Waals surface area contributed by atoms with Crippen LogP contribution in [0.5, 0.6) is 0 Å². The van der Waals surface area contributed by atoms with E-state index in [1.807, 2.05) is 0 Å². The third kappa shape index (κ3) is 6.14. The fourth-order valence-electron chi connectivity index (χ4n) is 4.41. The summed E-state index contributed by atoms with van der Waals surface area (Å²) >= 11 is 0. The van der Waals surface area contributed by atoms with Crippen molar-refractivity contribution in [3.8, 4) is 0 Å². The standard InChI is InChI=1S/C25H38N6O5/c1-16-19(31(24(34)35)25(3,4)5)9-8-18-20(16)22(33)36-23(27-18)26-17(2)21(32)29(7)12-15-30-13-10-28(6)11-14-30/h8-9,17H,10-15H2,1-7H3,(H,26,27)(H,34,35)/t17-/m0/s1. The number of carbonyl (C=O) groups excluding carboxylic acids is 1. The number of benzene rings is 1. The van der Waals surface area contributed by atoms with Crippen molar-refractivity contribution in [3.63, 3.8) is 0 Å². The van der Waals surface area contributed by atoms with Crippen molar-refractivity contribution in [2.45, 2.75) is 46.2 Å². The second-order valence-electron chi connectivity index (χ2n) is 10.5. The van der Waals surface area contributed by atoms with Gasteiger partial charge < -0.3 is 24.6 Å². The lowest BCUT2D eigenvalue weighted by Crippen LogP contribution is -2.48. The molecule has 1 fully saturated rings. The molecule has 11 nitrogen and oxygen atoms in total. The van der Waals surface area contributed by atoms with Gasteiger partial charge in [0.25, 0.3) is 6.01 Å². The van der Waals surface area contributed by atoms with Crippen LogP contribution >= 0.6 is 0 Å². The topological polar surface area (TPSA) is 122 Å². The van der Waals surface area contributed by atoms with Crippen molar-refractivity contribution in [1.29, 1.82) is 0 Å². The van der Waals surface area contributed by atoms with E-state index in [9.17, 15) is 19.5 Å². The number of nitrogens with zero attached hydrogens (tertiary/aromatic N) is 5. The molecular formula is C25H38N6O5. The second-order valence-corrected chi connectivity index (χ2v) is 10.5. The minimum atomic E-state index is -1.12. The first-order valence-electron chi connectivity index (χ1n) is 12.2. The molecule has 1 aromatic heterocycles. The van der Waals surface area contributed by atoms with Crippen molar-refractivity contribution in [3.05, 3.63) is 28.1 Å². The van der Waals surface area contributed by atoms with E-state index >= 15 is 0 Å². The lowest BCUT2D eigenvalue weighted by Gasteiger charge is -2.34. The van der Waals surface area contributed by atoms with Crippen molar-refractivity contribution in [2.75, 3.05) is 63.6 Å². The van der Waals surface area contributed by atoms with Gasteiger partial charge in [-0.1, -0.05) is 0 Å². The van der Waals surface area contributed by atoms with Crippen molar-refractivity contribution in [1.82, 2.24) is 19.7 Å². The average Bonchev–Trinajstić information content (AvgIpc) is 2.78. The minimum absolute atomic E-state index is 0.0566. The van der Waals surface area contributed by atoms with E-state index in [1.54, 1.807) is 58.7 Å². The molecular weight excluding hydrogens is 464 g/mol. The zero-order valence-corrected chi connectivity index (χ0v) is 22.3. The lowest BCUT2D eigenvalue weighted by atomic mass is 10.0. The zero-order valence-electron chi connectivity index (χ0n) is 22.3. The molecule has 0 saturated carbocycles. The molecule has 1 atom stereocenters. The number of carbonyl (C=O) groups is 2. The molecule has 36 heavy (non-hydrogen) atoms. The maximum absolute atomic E-state index is 12.9. The van der Waals surface area contributed by atoms with Crippen LogP contribution in [0.1, 0.15) is 33.3 Å². The molecule has 0 radical (unpaired) electrons. The van der Waals surface area contributed by atoms with Gasteiger partial charge in [0.05, 0.1) is 16.6 Å². The van der Waals surface area contributed by atoms with Gasteiger partial charge in [-0.15, -0.1) is 0 Å². The molecule has 11 heteroatoms. The van der Waals surface area contributed by atoms with Crippen LogP contribution in [0.3, 0.4) is 0 Å². The molecule has 1 aromatic carbocycles. The smallest absolute Gasteiger partial charge is 0.412 e. The highest BCUT2D eigenvalue weighted by atomic mass is 16.4. The Morgan fingerprint density at radius 3 is 2.44 bits per heavy atom. The van der Waals surface area contributed by atoms with Gasteiger partial charge in [0.15, 0.2) is 0 Å². The van der Waals surface area contributed by atoms with Gasteiger partial charge in [0.2, 0.25) is 5.91 Å². The van der Waals surface area contributed by atoms with Gasteiger partial charge in [0.1, 0.15) is 6.04 Å². The van der Waals surface area contributed by atoms with Crippen LogP contribution in [-0.2, 0) is 4.79 Å². The van der Waals surface area contributed by atoms with Crippen molar-refractivity contribution >= 4 is 34.6 Å². The van der Waals surface area contributed by atoms with Crippen LogP contribution in [0.4, 0.5) is 16.5 Å². The van der Waals surface area contributed by atoms with Gasteiger partial charge in [-0.25, -0.2) is 9.59 Å². The summed E-state index contributed by atoms with van der Waals surface area (Å²) in [6.45, 7) is 14.1. The monoisotopic (exact) mass is 502 g/mol. The minimum Gasteiger partial charge on any atom is -0.465 e. The molecule has 1 aliphatic heterocycles. The molecule has 1 aliphatic rings. The fourth-order valence-corrected chi connectivity index (χ4v) is 4.41. The summed E-state index contributed by atoms with van der Waals surface area (Å²) in [5, 5.41) is 12.9. The predicted octanol–water partition coefficient (Wildman–Crippen LogP) is 2.29. The molecule has 2 heterocycles. The Hall–Kier alpha value is -3.18. The number of hydrogen-bond donors (Lipinski definition) is 2. The number of rotatable bonds is 7. The number of piperazine rings is 1. The van der Waals surface area contributed by atoms with Gasteiger partial charge in [0, 0.05) is 51.9 Å². The molecule has 0 unspecified atom stereocenters. The van der Waals surface area contributed by atoms with Gasteiger partial charge in [-0.2, -0.15) is 4.98 Å². The highest BCUT2D eigenvalue weighted by Crippen LogP contribution is 2.31. The Labute approximate surface area is 211 Å². The molecule has 3 rings (SSSR count). The third-order valence-electron chi connectivity index (χ3n) is 6.57. The summed E-state index contributed by atoms with van der Waals surface area (Å²) in [6.07, 6.45) is -1.12. The van der Waals surface area contributed by atoms with Gasteiger partial charge in [-0.05, 0) is 59.4 Å². The van der Waals surface area contributed by atoms with E-state index in [0.29, 0.717) is 23.3 Å². The predicted molar refractivity (Wildman–Crippen MR) is 140 cm³/mol. The lowest BCUT2D eigenvalue weighted by molar-refractivity contribution is -0.130. The van der Waals surface area contributed by atoms with E-state index in [0.717, 1.165) is 32.7 Å². The Balaban J connectivity index is 1.74. The summed E-state index contributed by atoms with van der Waals surface area (Å²) in [6, 6.07) is 2.52. The van der Waals surface area contributed by atoms with Crippen LogP contribution in [0.2, 0.25) is 0 Å². The Morgan fingerprint density at radius 1 is 1.22 bits per heavy atom. The van der Waals surface area contributed by atoms with Crippen LogP contribution < -0.4 is 15.8 Å². The van der Waals surface area contributed by atoms with Crippen LogP contribution in [0.15, 0.2) is 21.3 Å². The number of aromatic nitrogens is 1. The summed E-state index contributed by atoms with van der Waals surface area (Å²) in [4.78, 5) is 49.6. The van der Waals surface area contributed by atoms with Crippen LogP contribution in [0, 0.1) is 6.92 Å². The molecule has 198 valence electrons. The summed E-state index contributed by atoms with van der Waals surface area (Å²) in [5.41, 5.74) is -0.152. The van der Waals surface area contributed by atoms with E-state index in [2.05, 4.69) is 27.1 Å². The first-order valence-corrected chi connectivity index (χ1v) is 12.2. The highest BCUT2D eigenvalue weighted by molar-refractivity contribution is 5.95. The SMILES string of the molecule is Cc1c(N(C(=O)O)C(C)(C)C)ccc2nc(N[C@@H](C)C(=O)N(C)CCN3CCN(C)CC3)oc(=O)c12. The molecule has 0 aliphatic carbocycles. The van der Waals surface area contributed by atoms with E-state index in [-0.39, 0.29) is 17.3 Å². The fraction of sp³-hybridized carbons (Fsp3) is 0.600. The normalized spacial score (nSPS) is 16.1. The van der Waals surface area contributed by atoms with Gasteiger partial charge in [-0.3, -0.25) is 14.6 Å². The first kappa shape index (κ1) is 27.4.